The molecule has 0 atom stereocenters. The van der Waals surface area contributed by atoms with Crippen LogP contribution in [-0.4, -0.2) is 41.1 Å². The summed E-state index contributed by atoms with van der Waals surface area (Å²) in [6.45, 7) is 1.22. The molecular weight excluding hydrogens is 490 g/mol. The largest absolute Gasteiger partial charge is 0.356 e. The Morgan fingerprint density at radius 1 is 1.15 bits per heavy atom. The van der Waals surface area contributed by atoms with Crippen LogP contribution in [0.2, 0.25) is 0 Å². The number of hydrogen-bond donors (Lipinski definition) is 3. The first-order valence-corrected chi connectivity index (χ1v) is 10.1. The molecule has 0 aliphatic heterocycles. The number of rotatable bonds is 8. The number of sulfonamides is 1. The average molecular weight is 512 g/mol. The highest BCUT2D eigenvalue weighted by Gasteiger charge is 2.13. The Hall–Kier alpha value is -1.24. The molecule has 0 spiro atoms. The van der Waals surface area contributed by atoms with Gasteiger partial charge in [-0.3, -0.25) is 4.99 Å². The van der Waals surface area contributed by atoms with E-state index < -0.39 is 10.0 Å². The van der Waals surface area contributed by atoms with Gasteiger partial charge < -0.3 is 10.6 Å². The lowest BCUT2D eigenvalue weighted by Crippen LogP contribution is -2.42. The molecule has 0 amide bonds. The summed E-state index contributed by atoms with van der Waals surface area (Å²) in [5, 5.41) is 7.85. The van der Waals surface area contributed by atoms with E-state index in [1.165, 1.54) is 23.5 Å². The van der Waals surface area contributed by atoms with Crippen LogP contribution in [0.4, 0.5) is 4.39 Å². The normalized spacial score (nSPS) is 11.7. The zero-order chi connectivity index (χ0) is 18.1. The van der Waals surface area contributed by atoms with E-state index in [9.17, 15) is 12.8 Å². The van der Waals surface area contributed by atoms with Crippen molar-refractivity contribution in [2.45, 2.75) is 10.6 Å². The van der Waals surface area contributed by atoms with Gasteiger partial charge in [-0.15, -0.1) is 35.3 Å². The Labute approximate surface area is 174 Å². The van der Waals surface area contributed by atoms with Gasteiger partial charge in [0.25, 0.3) is 0 Å². The number of aliphatic imine (C=N–C) groups is 1. The van der Waals surface area contributed by atoms with Gasteiger partial charge in [-0.05, 0) is 35.6 Å². The number of hydrogen-bond acceptors (Lipinski definition) is 4. The lowest BCUT2D eigenvalue weighted by Gasteiger charge is -2.12. The summed E-state index contributed by atoms with van der Waals surface area (Å²) in [6, 6.07) is 9.71. The zero-order valence-corrected chi connectivity index (χ0v) is 18.2. The maximum atomic E-state index is 13.1. The van der Waals surface area contributed by atoms with E-state index in [2.05, 4.69) is 20.3 Å². The molecule has 0 aliphatic rings. The first kappa shape index (κ1) is 22.8. The third kappa shape index (κ3) is 7.56. The number of thiophene rings is 1. The van der Waals surface area contributed by atoms with Crippen LogP contribution in [0.1, 0.15) is 5.56 Å². The number of nitrogens with one attached hydrogen (secondary N) is 3. The van der Waals surface area contributed by atoms with Crippen LogP contribution < -0.4 is 15.4 Å². The lowest BCUT2D eigenvalue weighted by atomic mass is 10.1. The topological polar surface area (TPSA) is 82.6 Å². The molecule has 0 unspecified atom stereocenters. The summed E-state index contributed by atoms with van der Waals surface area (Å²) in [4.78, 5) is 4.07. The summed E-state index contributed by atoms with van der Waals surface area (Å²) in [5.41, 5.74) is 0.895. The minimum Gasteiger partial charge on any atom is -0.356 e. The quantitative estimate of drug-likeness (QED) is 0.219. The molecule has 0 saturated heterocycles. The summed E-state index contributed by atoms with van der Waals surface area (Å²) >= 11 is 1.18. The lowest BCUT2D eigenvalue weighted by molar-refractivity contribution is 0.582. The van der Waals surface area contributed by atoms with Crippen LogP contribution >= 0.6 is 35.3 Å². The Morgan fingerprint density at radius 3 is 2.58 bits per heavy atom. The second-order valence-corrected chi connectivity index (χ2v) is 8.08. The summed E-state index contributed by atoms with van der Waals surface area (Å²) < 4.78 is 39.9. The molecule has 0 bridgehead atoms. The minimum atomic E-state index is -3.45. The van der Waals surface area contributed by atoms with Gasteiger partial charge in [-0.2, -0.15) is 0 Å². The Morgan fingerprint density at radius 2 is 1.92 bits per heavy atom. The van der Waals surface area contributed by atoms with E-state index in [0.29, 0.717) is 29.7 Å². The first-order chi connectivity index (χ1) is 12.0. The van der Waals surface area contributed by atoms with Gasteiger partial charge in [0, 0.05) is 26.7 Å². The number of nitrogens with zero attached hydrogens (tertiary/aromatic N) is 1. The van der Waals surface area contributed by atoms with Crippen LogP contribution in [0, 0.1) is 5.82 Å². The van der Waals surface area contributed by atoms with E-state index in [1.54, 1.807) is 30.6 Å². The maximum absolute atomic E-state index is 13.1. The molecule has 6 nitrogen and oxygen atoms in total. The third-order valence-corrected chi connectivity index (χ3v) is 6.15. The number of guanidine groups is 1. The predicted molar refractivity (Wildman–Crippen MR) is 114 cm³/mol. The van der Waals surface area contributed by atoms with Gasteiger partial charge >= 0.3 is 0 Å². The molecule has 0 fully saturated rings. The second-order valence-electron chi connectivity index (χ2n) is 5.14. The SMILES string of the molecule is CN=C(NCCNS(=O)(=O)c1cccs1)NCCc1cccc(F)c1.I. The molecule has 0 radical (unpaired) electrons. The van der Waals surface area contributed by atoms with Gasteiger partial charge in [-0.1, -0.05) is 18.2 Å². The van der Waals surface area contributed by atoms with Crippen molar-refractivity contribution >= 4 is 51.3 Å². The van der Waals surface area contributed by atoms with Gasteiger partial charge in [0.1, 0.15) is 10.0 Å². The number of benzene rings is 1. The first-order valence-electron chi connectivity index (χ1n) is 7.73. The molecular formula is C16H22FIN4O2S2. The molecule has 26 heavy (non-hydrogen) atoms. The molecule has 3 N–H and O–H groups in total. The second kappa shape index (κ2) is 11.5. The standard InChI is InChI=1S/C16H21FN4O2S2.HI/c1-18-16(19-8-7-13-4-2-5-14(17)12-13)20-9-10-21-25(22,23)15-6-3-11-24-15;/h2-6,11-12,21H,7-10H2,1H3,(H2,18,19,20);1H. The highest BCUT2D eigenvalue weighted by atomic mass is 127. The van der Waals surface area contributed by atoms with Gasteiger partial charge in [0.2, 0.25) is 10.0 Å². The van der Waals surface area contributed by atoms with Crippen LogP contribution in [-0.2, 0) is 16.4 Å². The van der Waals surface area contributed by atoms with E-state index in [4.69, 9.17) is 0 Å². The van der Waals surface area contributed by atoms with Crippen molar-refractivity contribution in [1.29, 1.82) is 0 Å². The highest BCUT2D eigenvalue weighted by molar-refractivity contribution is 14.0. The van der Waals surface area contributed by atoms with E-state index in [1.807, 2.05) is 6.07 Å². The summed E-state index contributed by atoms with van der Waals surface area (Å²) in [7, 11) is -1.81. The summed E-state index contributed by atoms with van der Waals surface area (Å²) in [5.74, 6) is 0.310. The van der Waals surface area contributed by atoms with Gasteiger partial charge in [0.15, 0.2) is 5.96 Å². The van der Waals surface area contributed by atoms with Crippen LogP contribution in [0.15, 0.2) is 51.0 Å². The van der Waals surface area contributed by atoms with E-state index in [-0.39, 0.29) is 36.3 Å². The summed E-state index contributed by atoms with van der Waals surface area (Å²) in [6.07, 6.45) is 0.656. The minimum absolute atomic E-state index is 0. The van der Waals surface area contributed by atoms with E-state index >= 15 is 0 Å². The fraction of sp³-hybridized carbons (Fsp3) is 0.312. The molecule has 2 rings (SSSR count). The van der Waals surface area contributed by atoms with Crippen molar-refractivity contribution in [1.82, 2.24) is 15.4 Å². The van der Waals surface area contributed by atoms with Crippen molar-refractivity contribution in [3.05, 3.63) is 53.2 Å². The monoisotopic (exact) mass is 512 g/mol. The molecule has 2 aromatic rings. The Balaban J connectivity index is 0.00000338. The Kier molecular flexibility index (Phi) is 10.1. The molecule has 1 heterocycles. The molecule has 10 heteroatoms. The molecule has 1 aromatic carbocycles. The Bertz CT molecular complexity index is 798. The van der Waals surface area contributed by atoms with Gasteiger partial charge in [0.05, 0.1) is 0 Å². The zero-order valence-electron chi connectivity index (χ0n) is 14.2. The van der Waals surface area contributed by atoms with Crippen molar-refractivity contribution in [3.63, 3.8) is 0 Å². The fourth-order valence-corrected chi connectivity index (χ4v) is 4.16. The van der Waals surface area contributed by atoms with Crippen molar-refractivity contribution in [3.8, 4) is 0 Å². The van der Waals surface area contributed by atoms with Crippen LogP contribution in [0.3, 0.4) is 0 Å². The van der Waals surface area contributed by atoms with Gasteiger partial charge in [-0.25, -0.2) is 17.5 Å². The van der Waals surface area contributed by atoms with Crippen molar-refractivity contribution < 1.29 is 12.8 Å². The van der Waals surface area contributed by atoms with Crippen molar-refractivity contribution in [2.24, 2.45) is 4.99 Å². The van der Waals surface area contributed by atoms with Crippen LogP contribution in [0.25, 0.3) is 0 Å². The van der Waals surface area contributed by atoms with Crippen molar-refractivity contribution in [2.75, 3.05) is 26.7 Å². The third-order valence-electron chi connectivity index (χ3n) is 3.29. The highest BCUT2D eigenvalue weighted by Crippen LogP contribution is 2.14. The molecule has 0 aliphatic carbocycles. The smallest absolute Gasteiger partial charge is 0.250 e. The van der Waals surface area contributed by atoms with Crippen LogP contribution in [0.5, 0.6) is 0 Å². The molecule has 0 saturated carbocycles. The molecule has 144 valence electrons. The van der Waals surface area contributed by atoms with E-state index in [0.717, 1.165) is 5.56 Å². The molecule has 1 aromatic heterocycles. The maximum Gasteiger partial charge on any atom is 0.250 e. The fourth-order valence-electron chi connectivity index (χ4n) is 2.09. The average Bonchev–Trinajstić information content (AvgIpc) is 3.12. The number of halogens is 2. The predicted octanol–water partition coefficient (Wildman–Crippen LogP) is 2.19.